The van der Waals surface area contributed by atoms with Crippen LogP contribution >= 0.6 is 0 Å². The highest BCUT2D eigenvalue weighted by molar-refractivity contribution is 5.01. The molecule has 1 heterocycles. The Labute approximate surface area is 88.6 Å². The SMILES string of the molecule is CC(C)N1OC(C(C)C)(C(C)C)C1C. The first-order valence-electron chi connectivity index (χ1n) is 5.81. The van der Waals surface area contributed by atoms with Crippen molar-refractivity contribution in [2.45, 2.75) is 66.2 Å². The third-order valence-electron chi connectivity index (χ3n) is 3.61. The standard InChI is InChI=1S/C12H25NO/c1-8(2)12(9(3)4)11(7)13(14-12)10(5)6/h8-11H,1-7H3. The summed E-state index contributed by atoms with van der Waals surface area (Å²) in [5.41, 5.74) is 0.0598. The third-order valence-corrected chi connectivity index (χ3v) is 3.61. The van der Waals surface area contributed by atoms with Gasteiger partial charge in [-0.05, 0) is 32.6 Å². The van der Waals surface area contributed by atoms with Crippen LogP contribution in [-0.2, 0) is 4.84 Å². The molecule has 2 heteroatoms. The van der Waals surface area contributed by atoms with Gasteiger partial charge in [-0.15, -0.1) is 0 Å². The molecule has 0 aromatic heterocycles. The highest BCUT2D eigenvalue weighted by Crippen LogP contribution is 2.45. The molecule has 84 valence electrons. The van der Waals surface area contributed by atoms with E-state index in [2.05, 4.69) is 53.5 Å². The summed E-state index contributed by atoms with van der Waals surface area (Å²) >= 11 is 0. The van der Waals surface area contributed by atoms with E-state index in [1.54, 1.807) is 0 Å². The molecule has 0 aliphatic carbocycles. The second-order valence-electron chi connectivity index (χ2n) is 5.38. The molecule has 14 heavy (non-hydrogen) atoms. The molecule has 1 rings (SSSR count). The van der Waals surface area contributed by atoms with Crippen molar-refractivity contribution in [3.63, 3.8) is 0 Å². The molecule has 1 unspecified atom stereocenters. The molecule has 0 spiro atoms. The molecule has 0 amide bonds. The highest BCUT2D eigenvalue weighted by Gasteiger charge is 2.56. The summed E-state index contributed by atoms with van der Waals surface area (Å²) in [7, 11) is 0. The van der Waals surface area contributed by atoms with E-state index in [4.69, 9.17) is 4.84 Å². The van der Waals surface area contributed by atoms with Gasteiger partial charge in [-0.3, -0.25) is 4.84 Å². The van der Waals surface area contributed by atoms with E-state index in [1.165, 1.54) is 0 Å². The zero-order chi connectivity index (χ0) is 11.1. The number of hydroxylamine groups is 2. The lowest BCUT2D eigenvalue weighted by Gasteiger charge is -2.61. The van der Waals surface area contributed by atoms with Gasteiger partial charge in [-0.1, -0.05) is 27.7 Å². The predicted molar refractivity (Wildman–Crippen MR) is 59.9 cm³/mol. The first-order valence-corrected chi connectivity index (χ1v) is 5.81. The topological polar surface area (TPSA) is 12.5 Å². The van der Waals surface area contributed by atoms with Gasteiger partial charge in [0.2, 0.25) is 0 Å². The van der Waals surface area contributed by atoms with E-state index < -0.39 is 0 Å². The molecule has 1 fully saturated rings. The van der Waals surface area contributed by atoms with Gasteiger partial charge in [0, 0.05) is 6.04 Å². The molecule has 0 aromatic carbocycles. The summed E-state index contributed by atoms with van der Waals surface area (Å²) in [5, 5.41) is 2.12. The number of hydrogen-bond acceptors (Lipinski definition) is 2. The molecule has 0 radical (unpaired) electrons. The predicted octanol–water partition coefficient (Wildman–Crippen LogP) is 3.08. The maximum atomic E-state index is 6.06. The van der Waals surface area contributed by atoms with Gasteiger partial charge < -0.3 is 0 Å². The average molecular weight is 199 g/mol. The smallest absolute Gasteiger partial charge is 0.112 e. The van der Waals surface area contributed by atoms with Crippen molar-refractivity contribution in [2.75, 3.05) is 0 Å². The van der Waals surface area contributed by atoms with Gasteiger partial charge in [0.25, 0.3) is 0 Å². The summed E-state index contributed by atoms with van der Waals surface area (Å²) < 4.78 is 0. The summed E-state index contributed by atoms with van der Waals surface area (Å²) in [6, 6.07) is 1.01. The summed E-state index contributed by atoms with van der Waals surface area (Å²) in [4.78, 5) is 6.06. The fourth-order valence-electron chi connectivity index (χ4n) is 2.88. The van der Waals surface area contributed by atoms with Gasteiger partial charge in [0.1, 0.15) is 5.60 Å². The summed E-state index contributed by atoms with van der Waals surface area (Å²) in [6.45, 7) is 15.7. The van der Waals surface area contributed by atoms with Crippen LogP contribution in [0.25, 0.3) is 0 Å². The minimum absolute atomic E-state index is 0.0598. The van der Waals surface area contributed by atoms with Crippen LogP contribution in [0.3, 0.4) is 0 Å². The average Bonchev–Trinajstić information content (AvgIpc) is 2.00. The maximum absolute atomic E-state index is 6.06. The number of nitrogens with zero attached hydrogens (tertiary/aromatic N) is 1. The molecule has 1 aliphatic heterocycles. The Bertz CT molecular complexity index is 190. The molecule has 0 N–H and O–H groups in total. The minimum Gasteiger partial charge on any atom is -0.290 e. The number of hydrogen-bond donors (Lipinski definition) is 0. The molecule has 2 nitrogen and oxygen atoms in total. The molecule has 1 saturated heterocycles. The quantitative estimate of drug-likeness (QED) is 0.692. The Morgan fingerprint density at radius 2 is 1.43 bits per heavy atom. The zero-order valence-electron chi connectivity index (χ0n) is 10.7. The van der Waals surface area contributed by atoms with Crippen molar-refractivity contribution < 1.29 is 4.84 Å². The number of rotatable bonds is 3. The largest absolute Gasteiger partial charge is 0.290 e. The maximum Gasteiger partial charge on any atom is 0.112 e. The van der Waals surface area contributed by atoms with Crippen LogP contribution in [0.2, 0.25) is 0 Å². The molecule has 0 aromatic rings. The molecule has 0 saturated carbocycles. The highest BCUT2D eigenvalue weighted by atomic mass is 16.7. The van der Waals surface area contributed by atoms with Crippen molar-refractivity contribution in [2.24, 2.45) is 11.8 Å². The van der Waals surface area contributed by atoms with Gasteiger partial charge in [-0.2, -0.15) is 5.06 Å². The van der Waals surface area contributed by atoms with E-state index in [1.807, 2.05) is 0 Å². The van der Waals surface area contributed by atoms with Crippen molar-refractivity contribution in [1.29, 1.82) is 0 Å². The van der Waals surface area contributed by atoms with Crippen LogP contribution in [0.1, 0.15) is 48.5 Å². The van der Waals surface area contributed by atoms with E-state index >= 15 is 0 Å². The Kier molecular flexibility index (Phi) is 3.27. The zero-order valence-corrected chi connectivity index (χ0v) is 10.7. The van der Waals surface area contributed by atoms with Gasteiger partial charge in [0.05, 0.1) is 6.04 Å². The van der Waals surface area contributed by atoms with Crippen LogP contribution in [0, 0.1) is 11.8 Å². The fourth-order valence-corrected chi connectivity index (χ4v) is 2.88. The Balaban J connectivity index is 2.78. The van der Waals surface area contributed by atoms with Gasteiger partial charge >= 0.3 is 0 Å². The lowest BCUT2D eigenvalue weighted by Crippen LogP contribution is -2.72. The first kappa shape index (κ1) is 12.0. The van der Waals surface area contributed by atoms with Crippen LogP contribution in [0.4, 0.5) is 0 Å². The van der Waals surface area contributed by atoms with Crippen LogP contribution in [0.15, 0.2) is 0 Å². The normalized spacial score (nSPS) is 27.4. The van der Waals surface area contributed by atoms with Gasteiger partial charge in [0.15, 0.2) is 0 Å². The molecular formula is C12H25NO. The summed E-state index contributed by atoms with van der Waals surface area (Å²) in [6.07, 6.45) is 0. The second kappa shape index (κ2) is 3.82. The monoisotopic (exact) mass is 199 g/mol. The van der Waals surface area contributed by atoms with Crippen molar-refractivity contribution in [3.05, 3.63) is 0 Å². The summed E-state index contributed by atoms with van der Waals surface area (Å²) in [5.74, 6) is 1.15. The molecule has 1 atom stereocenters. The third kappa shape index (κ3) is 1.49. The van der Waals surface area contributed by atoms with Gasteiger partial charge in [-0.25, -0.2) is 0 Å². The lowest BCUT2D eigenvalue weighted by molar-refractivity contribution is -0.425. The fraction of sp³-hybridized carbons (Fsp3) is 1.00. The van der Waals surface area contributed by atoms with Crippen molar-refractivity contribution in [3.8, 4) is 0 Å². The van der Waals surface area contributed by atoms with Crippen molar-refractivity contribution in [1.82, 2.24) is 5.06 Å². The van der Waals surface area contributed by atoms with E-state index in [9.17, 15) is 0 Å². The van der Waals surface area contributed by atoms with E-state index in [0.29, 0.717) is 23.9 Å². The Hall–Kier alpha value is -0.0800. The van der Waals surface area contributed by atoms with E-state index in [0.717, 1.165) is 0 Å². The van der Waals surface area contributed by atoms with E-state index in [-0.39, 0.29) is 5.60 Å². The Morgan fingerprint density at radius 1 is 1.00 bits per heavy atom. The first-order chi connectivity index (χ1) is 6.34. The van der Waals surface area contributed by atoms with Crippen LogP contribution in [-0.4, -0.2) is 22.7 Å². The second-order valence-corrected chi connectivity index (χ2v) is 5.38. The van der Waals surface area contributed by atoms with Crippen LogP contribution in [0.5, 0.6) is 0 Å². The lowest BCUT2D eigenvalue weighted by atomic mass is 9.73. The molecule has 1 aliphatic rings. The Morgan fingerprint density at radius 3 is 1.64 bits per heavy atom. The van der Waals surface area contributed by atoms with Crippen LogP contribution < -0.4 is 0 Å². The molecular weight excluding hydrogens is 174 g/mol. The van der Waals surface area contributed by atoms with Crippen molar-refractivity contribution >= 4 is 0 Å². The molecule has 0 bridgehead atoms. The minimum atomic E-state index is 0.0598.